The van der Waals surface area contributed by atoms with E-state index in [0.717, 1.165) is 11.3 Å². The van der Waals surface area contributed by atoms with Crippen LogP contribution in [0, 0.1) is 0 Å². The normalized spacial score (nSPS) is 9.61. The van der Waals surface area contributed by atoms with Crippen LogP contribution in [-0.2, 0) is 22.6 Å². The molecule has 1 aromatic heterocycles. The Balaban J connectivity index is 0.00000264. The van der Waals surface area contributed by atoms with Crippen LogP contribution in [0.3, 0.4) is 0 Å². The quantitative estimate of drug-likeness (QED) is 0.808. The van der Waals surface area contributed by atoms with Crippen molar-refractivity contribution < 1.29 is 9.59 Å². The molecule has 0 unspecified atom stereocenters. The summed E-state index contributed by atoms with van der Waals surface area (Å²) in [4.78, 5) is 27.5. The van der Waals surface area contributed by atoms with Gasteiger partial charge >= 0.3 is 11.8 Å². The average molecular weight is 354 g/mol. The number of carbonyl (C=O) groups excluding carboxylic acids is 2. The van der Waals surface area contributed by atoms with Crippen molar-refractivity contribution >= 4 is 35.8 Å². The standard InChI is InChI=1S/C16H16ClN3O2.ClH/c17-14-7-2-1-5-12(14)11-20-16(22)15(21)19-10-8-13-6-3-4-9-18-13;/h1-7,9H,8,10-11H2,(H,19,21)(H,20,22);1H. The number of rotatable bonds is 5. The molecule has 0 radical (unpaired) electrons. The third-order valence-corrected chi connectivity index (χ3v) is 3.37. The maximum absolute atomic E-state index is 11.7. The van der Waals surface area contributed by atoms with Crippen LogP contribution in [0.15, 0.2) is 48.7 Å². The van der Waals surface area contributed by atoms with Crippen molar-refractivity contribution in [2.75, 3.05) is 6.54 Å². The van der Waals surface area contributed by atoms with Crippen molar-refractivity contribution in [3.05, 3.63) is 64.9 Å². The highest BCUT2D eigenvalue weighted by Crippen LogP contribution is 2.14. The van der Waals surface area contributed by atoms with Crippen LogP contribution in [0.1, 0.15) is 11.3 Å². The number of pyridine rings is 1. The van der Waals surface area contributed by atoms with Gasteiger partial charge in [-0.25, -0.2) is 0 Å². The topological polar surface area (TPSA) is 71.1 Å². The summed E-state index contributed by atoms with van der Waals surface area (Å²) in [6, 6.07) is 12.7. The molecule has 0 atom stereocenters. The predicted octanol–water partition coefficient (Wildman–Crippen LogP) is 2.13. The van der Waals surface area contributed by atoms with E-state index >= 15 is 0 Å². The monoisotopic (exact) mass is 353 g/mol. The van der Waals surface area contributed by atoms with Crippen LogP contribution >= 0.6 is 24.0 Å². The summed E-state index contributed by atoms with van der Waals surface area (Å²) in [5, 5.41) is 5.65. The van der Waals surface area contributed by atoms with E-state index < -0.39 is 11.8 Å². The largest absolute Gasteiger partial charge is 0.347 e. The Morgan fingerprint density at radius 1 is 1.00 bits per heavy atom. The third kappa shape index (κ3) is 6.26. The van der Waals surface area contributed by atoms with Crippen LogP contribution in [-0.4, -0.2) is 23.3 Å². The number of halogens is 2. The number of carbonyl (C=O) groups is 2. The Kier molecular flexibility index (Phi) is 8.08. The molecule has 5 nitrogen and oxygen atoms in total. The summed E-state index contributed by atoms with van der Waals surface area (Å²) < 4.78 is 0. The van der Waals surface area contributed by atoms with Gasteiger partial charge in [-0.2, -0.15) is 0 Å². The number of nitrogens with zero attached hydrogens (tertiary/aromatic N) is 1. The summed E-state index contributed by atoms with van der Waals surface area (Å²) in [5.74, 6) is -1.34. The van der Waals surface area contributed by atoms with E-state index in [2.05, 4.69) is 15.6 Å². The fraction of sp³-hybridized carbons (Fsp3) is 0.188. The van der Waals surface area contributed by atoms with Crippen LogP contribution in [0.4, 0.5) is 0 Å². The lowest BCUT2D eigenvalue weighted by molar-refractivity contribution is -0.139. The first-order valence-electron chi connectivity index (χ1n) is 6.86. The lowest BCUT2D eigenvalue weighted by Crippen LogP contribution is -2.40. The fourth-order valence-electron chi connectivity index (χ4n) is 1.83. The van der Waals surface area contributed by atoms with E-state index in [-0.39, 0.29) is 19.0 Å². The minimum Gasteiger partial charge on any atom is -0.347 e. The van der Waals surface area contributed by atoms with E-state index in [1.165, 1.54) is 0 Å². The van der Waals surface area contributed by atoms with Gasteiger partial charge in [0.05, 0.1) is 0 Å². The summed E-state index contributed by atoms with van der Waals surface area (Å²) in [6.45, 7) is 0.571. The van der Waals surface area contributed by atoms with E-state index in [0.29, 0.717) is 18.0 Å². The summed E-state index contributed by atoms with van der Waals surface area (Å²) in [5.41, 5.74) is 1.62. The lowest BCUT2D eigenvalue weighted by Gasteiger charge is -2.07. The Morgan fingerprint density at radius 2 is 1.70 bits per heavy atom. The fourth-order valence-corrected chi connectivity index (χ4v) is 2.03. The van der Waals surface area contributed by atoms with Crippen LogP contribution in [0.5, 0.6) is 0 Å². The van der Waals surface area contributed by atoms with Crippen molar-refractivity contribution in [3.8, 4) is 0 Å². The van der Waals surface area contributed by atoms with Gasteiger partial charge in [-0.3, -0.25) is 14.6 Å². The first-order valence-corrected chi connectivity index (χ1v) is 7.24. The molecule has 2 rings (SSSR count). The van der Waals surface area contributed by atoms with Gasteiger partial charge in [-0.1, -0.05) is 35.9 Å². The van der Waals surface area contributed by atoms with Gasteiger partial charge in [0.1, 0.15) is 0 Å². The molecular weight excluding hydrogens is 337 g/mol. The maximum Gasteiger partial charge on any atom is 0.309 e. The zero-order valence-corrected chi connectivity index (χ0v) is 13.9. The van der Waals surface area contributed by atoms with Gasteiger partial charge < -0.3 is 10.6 Å². The van der Waals surface area contributed by atoms with Gasteiger partial charge in [0.25, 0.3) is 0 Å². The van der Waals surface area contributed by atoms with Crippen molar-refractivity contribution in [2.24, 2.45) is 0 Å². The molecule has 1 aromatic carbocycles. The lowest BCUT2D eigenvalue weighted by atomic mass is 10.2. The molecule has 0 saturated heterocycles. The molecule has 23 heavy (non-hydrogen) atoms. The minimum atomic E-state index is -0.680. The second kappa shape index (κ2) is 9.82. The van der Waals surface area contributed by atoms with Gasteiger partial charge in [0.15, 0.2) is 0 Å². The third-order valence-electron chi connectivity index (χ3n) is 3.00. The Bertz CT molecular complexity index is 651. The number of nitrogens with one attached hydrogen (secondary N) is 2. The summed E-state index contributed by atoms with van der Waals surface area (Å²) in [7, 11) is 0. The molecule has 7 heteroatoms. The van der Waals surface area contributed by atoms with Crippen LogP contribution in [0.2, 0.25) is 5.02 Å². The molecule has 122 valence electrons. The van der Waals surface area contributed by atoms with Crippen molar-refractivity contribution in [1.29, 1.82) is 0 Å². The summed E-state index contributed by atoms with van der Waals surface area (Å²) in [6.07, 6.45) is 2.26. The molecule has 0 spiro atoms. The highest BCUT2D eigenvalue weighted by atomic mass is 35.5. The number of hydrogen-bond donors (Lipinski definition) is 2. The zero-order chi connectivity index (χ0) is 15.8. The second-order valence-electron chi connectivity index (χ2n) is 4.60. The smallest absolute Gasteiger partial charge is 0.309 e. The molecule has 0 aliphatic rings. The Hall–Kier alpha value is -2.11. The van der Waals surface area contributed by atoms with Gasteiger partial charge in [-0.15, -0.1) is 12.4 Å². The molecule has 2 aromatic rings. The number of hydrogen-bond acceptors (Lipinski definition) is 3. The summed E-state index contributed by atoms with van der Waals surface area (Å²) >= 11 is 5.98. The molecule has 2 amide bonds. The maximum atomic E-state index is 11.7. The SMILES string of the molecule is Cl.O=C(NCCc1ccccn1)C(=O)NCc1ccccc1Cl. The van der Waals surface area contributed by atoms with Crippen molar-refractivity contribution in [3.63, 3.8) is 0 Å². The van der Waals surface area contributed by atoms with Crippen molar-refractivity contribution in [1.82, 2.24) is 15.6 Å². The number of benzene rings is 1. The van der Waals surface area contributed by atoms with Gasteiger partial charge in [0.2, 0.25) is 0 Å². The minimum absolute atomic E-state index is 0. The molecule has 0 saturated carbocycles. The number of aromatic nitrogens is 1. The first-order chi connectivity index (χ1) is 10.7. The molecule has 0 bridgehead atoms. The van der Waals surface area contributed by atoms with Gasteiger partial charge in [-0.05, 0) is 23.8 Å². The predicted molar refractivity (Wildman–Crippen MR) is 91.5 cm³/mol. The van der Waals surface area contributed by atoms with E-state index in [4.69, 9.17) is 11.6 Å². The Labute approximate surface area is 145 Å². The van der Waals surface area contributed by atoms with Gasteiger partial charge in [0, 0.05) is 36.4 Å². The molecule has 1 heterocycles. The number of amides is 2. The molecule has 0 aliphatic heterocycles. The molecule has 0 fully saturated rings. The molecular formula is C16H17Cl2N3O2. The highest BCUT2D eigenvalue weighted by Gasteiger charge is 2.12. The van der Waals surface area contributed by atoms with Crippen molar-refractivity contribution in [2.45, 2.75) is 13.0 Å². The highest BCUT2D eigenvalue weighted by molar-refractivity contribution is 6.35. The van der Waals surface area contributed by atoms with Crippen LogP contribution < -0.4 is 10.6 Å². The Morgan fingerprint density at radius 3 is 2.39 bits per heavy atom. The average Bonchev–Trinajstić information content (AvgIpc) is 2.54. The first kappa shape index (κ1) is 18.9. The van der Waals surface area contributed by atoms with E-state index in [1.807, 2.05) is 24.3 Å². The second-order valence-corrected chi connectivity index (χ2v) is 5.01. The van der Waals surface area contributed by atoms with E-state index in [9.17, 15) is 9.59 Å². The van der Waals surface area contributed by atoms with E-state index in [1.54, 1.807) is 24.4 Å². The molecule has 0 aliphatic carbocycles. The molecule has 2 N–H and O–H groups in total. The van der Waals surface area contributed by atoms with Crippen LogP contribution in [0.25, 0.3) is 0 Å². The zero-order valence-electron chi connectivity index (χ0n) is 12.3.